The minimum Gasteiger partial charge on any atom is -0.396 e. The molecule has 5 rings (SSSR count). The number of nitrogen functional groups attached to an aromatic ring is 1. The molecule has 2 aliphatic heterocycles. The van der Waals surface area contributed by atoms with Crippen LogP contribution >= 0.6 is 24.0 Å². The summed E-state index contributed by atoms with van der Waals surface area (Å²) in [5.41, 5.74) is 12.9. The zero-order valence-electron chi connectivity index (χ0n) is 17.1. The van der Waals surface area contributed by atoms with Gasteiger partial charge in [0.2, 0.25) is 0 Å². The summed E-state index contributed by atoms with van der Waals surface area (Å²) in [6.45, 7) is 2.92. The number of nitrogens with one attached hydrogen (secondary N) is 2. The first kappa shape index (κ1) is 21.6. The summed E-state index contributed by atoms with van der Waals surface area (Å²) >= 11 is 6.13. The number of para-hydroxylation sites is 2. The van der Waals surface area contributed by atoms with E-state index in [1.807, 2.05) is 54.6 Å². The Kier molecular flexibility index (Phi) is 6.46. The molecule has 1 saturated heterocycles. The number of piperidine rings is 1. The Morgan fingerprint density at radius 3 is 2.58 bits per heavy atom. The van der Waals surface area contributed by atoms with Gasteiger partial charge in [-0.1, -0.05) is 35.9 Å². The highest BCUT2D eigenvalue weighted by atomic mass is 35.5. The molecule has 0 spiro atoms. The van der Waals surface area contributed by atoms with Crippen LogP contribution in [-0.2, 0) is 0 Å². The summed E-state index contributed by atoms with van der Waals surface area (Å²) in [4.78, 5) is 13.4. The van der Waals surface area contributed by atoms with Crippen LogP contribution in [0.25, 0.3) is 33.5 Å². The van der Waals surface area contributed by atoms with Crippen molar-refractivity contribution in [1.82, 2.24) is 15.3 Å². The topological polar surface area (TPSA) is 79.1 Å². The molecule has 0 amide bonds. The molecule has 2 heterocycles. The van der Waals surface area contributed by atoms with Crippen molar-refractivity contribution in [2.24, 2.45) is 10.9 Å². The SMILES string of the molecule is Cl.Nc1c(-c2ccc(Cl)cc2)c2nc3ccccc3[nH]c-2cc1=NCC1CCNCC1. The minimum atomic E-state index is 0. The van der Waals surface area contributed by atoms with Crippen LogP contribution < -0.4 is 16.4 Å². The van der Waals surface area contributed by atoms with Crippen molar-refractivity contribution in [2.75, 3.05) is 25.4 Å². The zero-order chi connectivity index (χ0) is 20.5. The molecule has 31 heavy (non-hydrogen) atoms. The number of anilines is 1. The molecule has 0 saturated carbocycles. The second-order valence-corrected chi connectivity index (χ2v) is 8.31. The molecule has 0 radical (unpaired) electrons. The lowest BCUT2D eigenvalue weighted by Gasteiger charge is -2.21. The lowest BCUT2D eigenvalue weighted by molar-refractivity contribution is 0.381. The van der Waals surface area contributed by atoms with Gasteiger partial charge in [0.15, 0.2) is 0 Å². The van der Waals surface area contributed by atoms with Crippen LogP contribution in [0, 0.1) is 5.92 Å². The molecule has 0 unspecified atom stereocenters. The Balaban J connectivity index is 0.00000231. The van der Waals surface area contributed by atoms with Gasteiger partial charge in [0, 0.05) is 17.1 Å². The highest BCUT2D eigenvalue weighted by molar-refractivity contribution is 6.30. The number of hydrogen-bond donors (Lipinski definition) is 3. The van der Waals surface area contributed by atoms with E-state index in [1.165, 1.54) is 0 Å². The second kappa shape index (κ2) is 9.27. The van der Waals surface area contributed by atoms with Crippen LogP contribution in [0.15, 0.2) is 59.6 Å². The third-order valence-electron chi connectivity index (χ3n) is 5.84. The van der Waals surface area contributed by atoms with Crippen molar-refractivity contribution < 1.29 is 0 Å². The number of halogens is 2. The summed E-state index contributed by atoms with van der Waals surface area (Å²) in [6, 6.07) is 17.8. The summed E-state index contributed by atoms with van der Waals surface area (Å²) in [7, 11) is 0. The molecule has 2 aromatic rings. The average Bonchev–Trinajstić information content (AvgIpc) is 2.78. The minimum absolute atomic E-state index is 0. The van der Waals surface area contributed by atoms with E-state index >= 15 is 0 Å². The van der Waals surface area contributed by atoms with Crippen molar-refractivity contribution in [1.29, 1.82) is 0 Å². The van der Waals surface area contributed by atoms with Crippen LogP contribution in [0.4, 0.5) is 5.69 Å². The highest BCUT2D eigenvalue weighted by Crippen LogP contribution is 2.35. The fourth-order valence-electron chi connectivity index (χ4n) is 4.16. The molecule has 3 aliphatic rings. The number of aromatic amines is 1. The normalized spacial score (nSPS) is 15.3. The highest BCUT2D eigenvalue weighted by Gasteiger charge is 2.19. The average molecular weight is 454 g/mol. The van der Waals surface area contributed by atoms with E-state index in [4.69, 9.17) is 27.3 Å². The maximum atomic E-state index is 6.69. The molecule has 5 nitrogen and oxygen atoms in total. The maximum Gasteiger partial charge on any atom is 0.0973 e. The summed E-state index contributed by atoms with van der Waals surface area (Å²) in [6.07, 6.45) is 2.30. The van der Waals surface area contributed by atoms with Gasteiger partial charge in [-0.15, -0.1) is 12.4 Å². The first-order valence-corrected chi connectivity index (χ1v) is 10.8. The van der Waals surface area contributed by atoms with Crippen LogP contribution in [0.1, 0.15) is 12.8 Å². The predicted octanol–water partition coefficient (Wildman–Crippen LogP) is 4.89. The quantitative estimate of drug-likeness (QED) is 0.305. The first-order valence-electron chi connectivity index (χ1n) is 10.4. The second-order valence-electron chi connectivity index (χ2n) is 7.88. The van der Waals surface area contributed by atoms with Gasteiger partial charge < -0.3 is 16.0 Å². The zero-order valence-corrected chi connectivity index (χ0v) is 18.6. The van der Waals surface area contributed by atoms with Gasteiger partial charge in [-0.3, -0.25) is 4.99 Å². The van der Waals surface area contributed by atoms with Gasteiger partial charge in [0.05, 0.1) is 33.5 Å². The molecule has 2 aromatic carbocycles. The molecule has 4 N–H and O–H groups in total. The molecule has 7 heteroatoms. The summed E-state index contributed by atoms with van der Waals surface area (Å²) in [5.74, 6) is 0.596. The van der Waals surface area contributed by atoms with E-state index in [0.29, 0.717) is 16.6 Å². The molecular formula is C24H25Cl2N5. The number of nitrogens with two attached hydrogens (primary N) is 1. The predicted molar refractivity (Wildman–Crippen MR) is 131 cm³/mol. The van der Waals surface area contributed by atoms with Gasteiger partial charge in [0.1, 0.15) is 0 Å². The van der Waals surface area contributed by atoms with Crippen LogP contribution in [0.3, 0.4) is 0 Å². The molecule has 1 aliphatic carbocycles. The molecule has 0 aromatic heterocycles. The number of rotatable bonds is 3. The van der Waals surface area contributed by atoms with Crippen LogP contribution in [-0.4, -0.2) is 29.6 Å². The molecule has 0 bridgehead atoms. The van der Waals surface area contributed by atoms with Crippen LogP contribution in [0.2, 0.25) is 5.02 Å². The Morgan fingerprint density at radius 1 is 1.06 bits per heavy atom. The van der Waals surface area contributed by atoms with Gasteiger partial charge in [-0.05, 0) is 67.7 Å². The molecule has 0 atom stereocenters. The summed E-state index contributed by atoms with van der Waals surface area (Å²) < 4.78 is 0. The van der Waals surface area contributed by atoms with Crippen molar-refractivity contribution in [2.45, 2.75) is 12.8 Å². The van der Waals surface area contributed by atoms with E-state index in [1.54, 1.807) is 0 Å². The monoisotopic (exact) mass is 453 g/mol. The van der Waals surface area contributed by atoms with Crippen molar-refractivity contribution in [3.8, 4) is 22.5 Å². The van der Waals surface area contributed by atoms with E-state index in [0.717, 1.165) is 71.4 Å². The number of nitrogens with zero attached hydrogens (tertiary/aromatic N) is 2. The number of hydrogen-bond acceptors (Lipinski definition) is 4. The standard InChI is InChI=1S/C24H24ClN5.ClH/c25-17-7-5-16(6-8-17)22-23(26)20(28-14-15-9-11-27-12-10-15)13-21-24(22)30-19-4-2-1-3-18(19)29-21;/h1-8,13,15,27,29H,9-12,14,26H2;1H. The fourth-order valence-corrected chi connectivity index (χ4v) is 4.28. The fraction of sp³-hybridized carbons (Fsp3) is 0.250. The summed E-state index contributed by atoms with van der Waals surface area (Å²) in [5, 5.41) is 4.92. The lowest BCUT2D eigenvalue weighted by Crippen LogP contribution is -2.29. The van der Waals surface area contributed by atoms with Gasteiger partial charge in [-0.25, -0.2) is 4.98 Å². The smallest absolute Gasteiger partial charge is 0.0973 e. The Labute approximate surface area is 192 Å². The number of aromatic nitrogens is 2. The van der Waals surface area contributed by atoms with E-state index in [9.17, 15) is 0 Å². The van der Waals surface area contributed by atoms with Crippen LogP contribution in [0.5, 0.6) is 0 Å². The Hall–Kier alpha value is -2.60. The molecule has 1 fully saturated rings. The van der Waals surface area contributed by atoms with Crippen molar-refractivity contribution in [3.63, 3.8) is 0 Å². The van der Waals surface area contributed by atoms with E-state index in [-0.39, 0.29) is 12.4 Å². The van der Waals surface area contributed by atoms with Crippen molar-refractivity contribution in [3.05, 3.63) is 65.0 Å². The Bertz CT molecular complexity index is 1230. The number of fused-ring (bicyclic) bond motifs is 2. The third-order valence-corrected chi connectivity index (χ3v) is 6.09. The maximum absolute atomic E-state index is 6.69. The van der Waals surface area contributed by atoms with Gasteiger partial charge in [-0.2, -0.15) is 0 Å². The van der Waals surface area contributed by atoms with Gasteiger partial charge in [0.25, 0.3) is 0 Å². The van der Waals surface area contributed by atoms with E-state index in [2.05, 4.69) is 10.3 Å². The van der Waals surface area contributed by atoms with E-state index < -0.39 is 0 Å². The third kappa shape index (κ3) is 4.40. The lowest BCUT2D eigenvalue weighted by atomic mass is 9.96. The Morgan fingerprint density at radius 2 is 1.81 bits per heavy atom. The largest absolute Gasteiger partial charge is 0.396 e. The number of benzene rings is 3. The molecule has 160 valence electrons. The number of H-pyrrole nitrogens is 1. The van der Waals surface area contributed by atoms with Gasteiger partial charge >= 0.3 is 0 Å². The first-order chi connectivity index (χ1) is 14.7. The molecular weight excluding hydrogens is 429 g/mol. The van der Waals surface area contributed by atoms with Crippen molar-refractivity contribution >= 4 is 40.7 Å².